The maximum Gasteiger partial charge on any atom is 0.303 e. The SMILES string of the molecule is [2H]C([2H])(c1ccccc1OCCCCCC(=O)O)N(C(=O)C1CCC(c2ccco2)CC1)C(C)C. The van der Waals surface area contributed by atoms with Crippen LogP contribution in [0.2, 0.25) is 0 Å². The molecule has 1 aliphatic carbocycles. The first-order chi connectivity index (χ1) is 16.7. The predicted molar refractivity (Wildman–Crippen MR) is 127 cm³/mol. The van der Waals surface area contributed by atoms with Crippen LogP contribution in [0.1, 0.15) is 85.2 Å². The van der Waals surface area contributed by atoms with Crippen molar-refractivity contribution in [1.82, 2.24) is 4.90 Å². The van der Waals surface area contributed by atoms with Crippen LogP contribution in [-0.4, -0.2) is 34.5 Å². The number of ether oxygens (including phenoxy) is 1. The lowest BCUT2D eigenvalue weighted by atomic mass is 9.80. The molecule has 1 fully saturated rings. The number of carboxylic acid groups (broad SMARTS) is 1. The van der Waals surface area contributed by atoms with Crippen LogP contribution in [-0.2, 0) is 16.1 Å². The molecule has 0 spiro atoms. The number of para-hydroxylation sites is 1. The van der Waals surface area contributed by atoms with Gasteiger partial charge in [-0.15, -0.1) is 0 Å². The molecule has 33 heavy (non-hydrogen) atoms. The number of rotatable bonds is 12. The molecular weight excluding hydrogens is 418 g/mol. The van der Waals surface area contributed by atoms with Gasteiger partial charge in [-0.2, -0.15) is 0 Å². The number of amides is 1. The number of furan rings is 1. The second-order valence-electron chi connectivity index (χ2n) is 9.03. The molecular formula is C27H37NO5. The fraction of sp³-hybridized carbons (Fsp3) is 0.556. The van der Waals surface area contributed by atoms with E-state index in [0.29, 0.717) is 49.5 Å². The number of unbranched alkanes of at least 4 members (excludes halogenated alkanes) is 2. The number of carboxylic acids is 1. The average molecular weight is 458 g/mol. The van der Waals surface area contributed by atoms with Crippen molar-refractivity contribution in [2.75, 3.05) is 6.61 Å². The Morgan fingerprint density at radius 2 is 1.88 bits per heavy atom. The van der Waals surface area contributed by atoms with Crippen molar-refractivity contribution in [2.45, 2.75) is 83.7 Å². The van der Waals surface area contributed by atoms with Crippen LogP contribution in [0.5, 0.6) is 5.75 Å². The first-order valence-electron chi connectivity index (χ1n) is 13.0. The number of benzene rings is 1. The molecule has 0 atom stereocenters. The number of hydrogen-bond donors (Lipinski definition) is 1. The molecule has 1 aromatic carbocycles. The second kappa shape index (κ2) is 12.5. The van der Waals surface area contributed by atoms with Crippen LogP contribution in [0.4, 0.5) is 0 Å². The van der Waals surface area contributed by atoms with E-state index in [1.54, 1.807) is 30.5 Å². The minimum Gasteiger partial charge on any atom is -0.493 e. The normalized spacial score (nSPS) is 19.6. The van der Waals surface area contributed by atoms with E-state index in [1.165, 1.54) is 4.90 Å². The minimum atomic E-state index is -2.04. The van der Waals surface area contributed by atoms with Gasteiger partial charge in [0.15, 0.2) is 0 Å². The van der Waals surface area contributed by atoms with E-state index in [1.807, 2.05) is 26.0 Å². The maximum absolute atomic E-state index is 13.6. The molecule has 6 heteroatoms. The summed E-state index contributed by atoms with van der Waals surface area (Å²) in [5, 5.41) is 8.76. The van der Waals surface area contributed by atoms with E-state index in [4.69, 9.17) is 17.0 Å². The Kier molecular flexibility index (Phi) is 8.33. The molecule has 1 amide bonds. The summed E-state index contributed by atoms with van der Waals surface area (Å²) in [5.74, 6) is 0.490. The number of carbonyl (C=O) groups excluding carboxylic acids is 1. The maximum atomic E-state index is 13.6. The molecule has 1 saturated carbocycles. The highest BCUT2D eigenvalue weighted by Crippen LogP contribution is 2.37. The molecule has 180 valence electrons. The van der Waals surface area contributed by atoms with Crippen molar-refractivity contribution >= 4 is 11.9 Å². The molecule has 0 saturated heterocycles. The van der Waals surface area contributed by atoms with Crippen LogP contribution in [0, 0.1) is 5.92 Å². The lowest BCUT2D eigenvalue weighted by Crippen LogP contribution is -2.41. The number of hydrogen-bond acceptors (Lipinski definition) is 4. The van der Waals surface area contributed by atoms with Crippen molar-refractivity contribution in [3.8, 4) is 5.75 Å². The number of nitrogens with zero attached hydrogens (tertiary/aromatic N) is 1. The van der Waals surface area contributed by atoms with Crippen molar-refractivity contribution in [3.63, 3.8) is 0 Å². The lowest BCUT2D eigenvalue weighted by molar-refractivity contribution is -0.139. The van der Waals surface area contributed by atoms with Crippen LogP contribution >= 0.6 is 0 Å². The first-order valence-corrected chi connectivity index (χ1v) is 12.0. The topological polar surface area (TPSA) is 80.0 Å². The summed E-state index contributed by atoms with van der Waals surface area (Å²) in [5.41, 5.74) is 0.330. The lowest BCUT2D eigenvalue weighted by Gasteiger charge is -2.34. The van der Waals surface area contributed by atoms with Gasteiger partial charge >= 0.3 is 5.97 Å². The molecule has 6 nitrogen and oxygen atoms in total. The van der Waals surface area contributed by atoms with Gasteiger partial charge in [0.05, 0.1) is 15.6 Å². The third-order valence-corrected chi connectivity index (χ3v) is 6.20. The molecule has 3 rings (SSSR count). The zero-order valence-electron chi connectivity index (χ0n) is 21.7. The summed E-state index contributed by atoms with van der Waals surface area (Å²) in [6.07, 6.45) is 6.90. The fourth-order valence-electron chi connectivity index (χ4n) is 4.34. The van der Waals surface area contributed by atoms with Crippen molar-refractivity contribution in [2.24, 2.45) is 5.92 Å². The van der Waals surface area contributed by atoms with Gasteiger partial charge < -0.3 is 19.2 Å². The molecule has 2 aromatic rings. The molecule has 0 radical (unpaired) electrons. The van der Waals surface area contributed by atoms with E-state index < -0.39 is 12.5 Å². The van der Waals surface area contributed by atoms with Gasteiger partial charge in [0.25, 0.3) is 0 Å². The largest absolute Gasteiger partial charge is 0.493 e. The van der Waals surface area contributed by atoms with Gasteiger partial charge in [-0.25, -0.2) is 0 Å². The van der Waals surface area contributed by atoms with Crippen molar-refractivity contribution in [1.29, 1.82) is 0 Å². The Labute approximate surface area is 199 Å². The Balaban J connectivity index is 1.68. The fourth-order valence-corrected chi connectivity index (χ4v) is 4.34. The van der Waals surface area contributed by atoms with E-state index in [9.17, 15) is 9.59 Å². The zero-order chi connectivity index (χ0) is 25.4. The van der Waals surface area contributed by atoms with Crippen LogP contribution in [0.15, 0.2) is 47.1 Å². The quantitative estimate of drug-likeness (QED) is 0.395. The molecule has 1 N–H and O–H groups in total. The summed E-state index contributed by atoms with van der Waals surface area (Å²) in [4.78, 5) is 25.7. The van der Waals surface area contributed by atoms with Crippen LogP contribution < -0.4 is 4.74 Å². The van der Waals surface area contributed by atoms with Gasteiger partial charge in [0, 0.05) is 36.4 Å². The summed E-state index contributed by atoms with van der Waals surface area (Å²) in [7, 11) is 0. The van der Waals surface area contributed by atoms with Crippen molar-refractivity contribution < 1.29 is 26.6 Å². The summed E-state index contributed by atoms with van der Waals surface area (Å²) < 4.78 is 29.5. The van der Waals surface area contributed by atoms with E-state index >= 15 is 0 Å². The van der Waals surface area contributed by atoms with E-state index in [0.717, 1.165) is 25.0 Å². The number of carbonyl (C=O) groups is 2. The summed E-state index contributed by atoms with van der Waals surface area (Å²) in [6.45, 7) is 2.01. The van der Waals surface area contributed by atoms with Crippen molar-refractivity contribution in [3.05, 3.63) is 54.0 Å². The average Bonchev–Trinajstić information content (AvgIpc) is 3.36. The van der Waals surface area contributed by atoms with Gasteiger partial charge in [-0.1, -0.05) is 18.2 Å². The molecule has 1 aromatic heterocycles. The smallest absolute Gasteiger partial charge is 0.303 e. The minimum absolute atomic E-state index is 0.133. The van der Waals surface area contributed by atoms with Crippen LogP contribution in [0.25, 0.3) is 0 Å². The highest BCUT2D eigenvalue weighted by Gasteiger charge is 2.32. The predicted octanol–water partition coefficient (Wildman–Crippen LogP) is 6.01. The molecule has 1 heterocycles. The van der Waals surface area contributed by atoms with Gasteiger partial charge in [-0.3, -0.25) is 9.59 Å². The van der Waals surface area contributed by atoms with Gasteiger partial charge in [0.2, 0.25) is 5.91 Å². The third kappa shape index (κ3) is 7.37. The Morgan fingerprint density at radius 1 is 1.12 bits per heavy atom. The molecule has 1 aliphatic rings. The molecule has 0 unspecified atom stereocenters. The number of aliphatic carboxylic acids is 1. The monoisotopic (exact) mass is 457 g/mol. The van der Waals surface area contributed by atoms with E-state index in [2.05, 4.69) is 0 Å². The zero-order valence-corrected chi connectivity index (χ0v) is 19.7. The summed E-state index contributed by atoms with van der Waals surface area (Å²) in [6, 6.07) is 10.5. The first kappa shape index (κ1) is 22.1. The Morgan fingerprint density at radius 3 is 2.55 bits per heavy atom. The highest BCUT2D eigenvalue weighted by molar-refractivity contribution is 5.79. The Hall–Kier alpha value is -2.76. The highest BCUT2D eigenvalue weighted by atomic mass is 16.5. The molecule has 0 aliphatic heterocycles. The van der Waals surface area contributed by atoms with E-state index in [-0.39, 0.29) is 24.3 Å². The standard InChI is InChI=1S/C27H37NO5/c1-20(2)28(27(31)22-15-13-21(14-16-22)24-11-8-18-33-24)19-23-9-5-6-10-25(23)32-17-7-3-4-12-26(29)30/h5-6,8-11,18,20-22H,3-4,7,12-17,19H2,1-2H3,(H,29,30)/i19D2. The summed E-state index contributed by atoms with van der Waals surface area (Å²) >= 11 is 0. The van der Waals surface area contributed by atoms with Crippen LogP contribution in [0.3, 0.4) is 0 Å². The Bertz CT molecular complexity index is 952. The van der Waals surface area contributed by atoms with Gasteiger partial charge in [0.1, 0.15) is 11.5 Å². The third-order valence-electron chi connectivity index (χ3n) is 6.20. The van der Waals surface area contributed by atoms with Gasteiger partial charge in [-0.05, 0) is 77.0 Å². The molecule has 0 bridgehead atoms. The second-order valence-corrected chi connectivity index (χ2v) is 9.03.